The number of aryl methyl sites for hydroxylation is 2. The van der Waals surface area contributed by atoms with Gasteiger partial charge in [0.25, 0.3) is 0 Å². The van der Waals surface area contributed by atoms with E-state index in [4.69, 9.17) is 0 Å². The van der Waals surface area contributed by atoms with E-state index in [2.05, 4.69) is 61.1 Å². The Labute approximate surface area is 185 Å². The van der Waals surface area contributed by atoms with E-state index in [1.54, 1.807) is 0 Å². The van der Waals surface area contributed by atoms with Gasteiger partial charge in [0.05, 0.1) is 0 Å². The van der Waals surface area contributed by atoms with Crippen molar-refractivity contribution in [3.63, 3.8) is 0 Å². The zero-order valence-corrected chi connectivity index (χ0v) is 18.7. The Morgan fingerprint density at radius 3 is 2.26 bits per heavy atom. The van der Waals surface area contributed by atoms with Crippen molar-refractivity contribution in [2.75, 3.05) is 50.7 Å². The summed E-state index contributed by atoms with van der Waals surface area (Å²) in [6, 6.07) is 12.4. The quantitative estimate of drug-likeness (QED) is 0.745. The molecule has 3 heterocycles. The molecule has 6 nitrogen and oxygen atoms in total. The molecule has 2 aromatic rings. The fraction of sp³-hybridized carbons (Fsp3) is 0.480. The number of aromatic nitrogens is 2. The van der Waals surface area contributed by atoms with Gasteiger partial charge in [0, 0.05) is 63.1 Å². The number of piperidine rings is 1. The predicted molar refractivity (Wildman–Crippen MR) is 125 cm³/mol. The van der Waals surface area contributed by atoms with Gasteiger partial charge < -0.3 is 9.80 Å². The zero-order chi connectivity index (χ0) is 21.6. The molecular weight excluding hydrogens is 386 g/mol. The molecule has 2 aliphatic heterocycles. The first-order valence-electron chi connectivity index (χ1n) is 11.4. The van der Waals surface area contributed by atoms with Gasteiger partial charge >= 0.3 is 0 Å². The predicted octanol–water partition coefficient (Wildman–Crippen LogP) is 3.17. The summed E-state index contributed by atoms with van der Waals surface area (Å²) in [5.41, 5.74) is 3.23. The van der Waals surface area contributed by atoms with Gasteiger partial charge in [-0.1, -0.05) is 42.5 Å². The summed E-state index contributed by atoms with van der Waals surface area (Å²) in [7, 11) is 0. The largest absolute Gasteiger partial charge is 0.341 e. The summed E-state index contributed by atoms with van der Waals surface area (Å²) in [5, 5.41) is 0. The molecule has 31 heavy (non-hydrogen) atoms. The minimum absolute atomic E-state index is 0.131. The van der Waals surface area contributed by atoms with E-state index in [-0.39, 0.29) is 5.92 Å². The number of amides is 1. The molecule has 0 saturated carbocycles. The van der Waals surface area contributed by atoms with E-state index >= 15 is 0 Å². The molecule has 2 saturated heterocycles. The number of nitrogens with zero attached hydrogens (tertiary/aromatic N) is 5. The standard InChI is InChI=1S/C25H33N5O/c1-20-19-21(2)27-25(26-20)30-13-10-23(11-14-30)24(31)29-17-15-28(16-18-29)12-6-9-22-7-4-3-5-8-22/h3-9,19,23H,10-18H2,1-2H3. The lowest BCUT2D eigenvalue weighted by Gasteiger charge is -2.38. The van der Waals surface area contributed by atoms with Crippen molar-refractivity contribution in [1.29, 1.82) is 0 Å². The Bertz CT molecular complexity index is 877. The number of benzene rings is 1. The first-order valence-corrected chi connectivity index (χ1v) is 11.4. The molecule has 0 radical (unpaired) electrons. The number of anilines is 1. The molecule has 0 aliphatic carbocycles. The Morgan fingerprint density at radius 1 is 0.968 bits per heavy atom. The molecule has 2 aliphatic rings. The second-order valence-electron chi connectivity index (χ2n) is 8.65. The van der Waals surface area contributed by atoms with Crippen molar-refractivity contribution in [2.24, 2.45) is 5.92 Å². The fourth-order valence-corrected chi connectivity index (χ4v) is 4.49. The van der Waals surface area contributed by atoms with Crippen molar-refractivity contribution in [3.8, 4) is 0 Å². The van der Waals surface area contributed by atoms with Crippen molar-refractivity contribution in [3.05, 3.63) is 59.4 Å². The molecule has 1 amide bonds. The third-order valence-corrected chi connectivity index (χ3v) is 6.25. The van der Waals surface area contributed by atoms with Crippen LogP contribution in [0.25, 0.3) is 6.08 Å². The summed E-state index contributed by atoms with van der Waals surface area (Å²) in [4.78, 5) is 28.9. The second-order valence-corrected chi connectivity index (χ2v) is 8.65. The summed E-state index contributed by atoms with van der Waals surface area (Å²) in [6.07, 6.45) is 6.16. The van der Waals surface area contributed by atoms with Crippen molar-refractivity contribution >= 4 is 17.9 Å². The molecule has 0 N–H and O–H groups in total. The van der Waals surface area contributed by atoms with Gasteiger partial charge in [-0.3, -0.25) is 9.69 Å². The number of carbonyl (C=O) groups is 1. The lowest BCUT2D eigenvalue weighted by Crippen LogP contribution is -2.51. The molecule has 2 fully saturated rings. The van der Waals surface area contributed by atoms with Crippen LogP contribution < -0.4 is 4.90 Å². The van der Waals surface area contributed by atoms with Gasteiger partial charge in [-0.05, 0) is 38.3 Å². The van der Waals surface area contributed by atoms with Crippen LogP contribution in [0.2, 0.25) is 0 Å². The van der Waals surface area contributed by atoms with Gasteiger partial charge in [0.15, 0.2) is 0 Å². The fourth-order valence-electron chi connectivity index (χ4n) is 4.49. The Kier molecular flexibility index (Phi) is 6.97. The summed E-state index contributed by atoms with van der Waals surface area (Å²) < 4.78 is 0. The number of piperazine rings is 1. The van der Waals surface area contributed by atoms with Gasteiger partial charge in [-0.25, -0.2) is 9.97 Å². The van der Waals surface area contributed by atoms with Crippen LogP contribution in [0.5, 0.6) is 0 Å². The molecule has 6 heteroatoms. The van der Waals surface area contributed by atoms with Crippen molar-refractivity contribution in [1.82, 2.24) is 19.8 Å². The van der Waals surface area contributed by atoms with Crippen molar-refractivity contribution in [2.45, 2.75) is 26.7 Å². The third kappa shape index (κ3) is 5.70. The van der Waals surface area contributed by atoms with Crippen LogP contribution >= 0.6 is 0 Å². The number of rotatable bonds is 5. The van der Waals surface area contributed by atoms with Crippen LogP contribution in [0.1, 0.15) is 29.8 Å². The molecule has 0 spiro atoms. The monoisotopic (exact) mass is 419 g/mol. The highest BCUT2D eigenvalue weighted by molar-refractivity contribution is 5.79. The highest BCUT2D eigenvalue weighted by Crippen LogP contribution is 2.23. The van der Waals surface area contributed by atoms with E-state index in [1.165, 1.54) is 5.56 Å². The SMILES string of the molecule is Cc1cc(C)nc(N2CCC(C(=O)N3CCN(CC=Cc4ccccc4)CC3)CC2)n1. The highest BCUT2D eigenvalue weighted by Gasteiger charge is 2.31. The summed E-state index contributed by atoms with van der Waals surface area (Å²) >= 11 is 0. The molecule has 0 bridgehead atoms. The summed E-state index contributed by atoms with van der Waals surface area (Å²) in [5.74, 6) is 1.27. The smallest absolute Gasteiger partial charge is 0.225 e. The minimum Gasteiger partial charge on any atom is -0.341 e. The minimum atomic E-state index is 0.131. The normalized spacial score (nSPS) is 18.6. The van der Waals surface area contributed by atoms with E-state index < -0.39 is 0 Å². The van der Waals surface area contributed by atoms with Crippen LogP contribution in [0.4, 0.5) is 5.95 Å². The average Bonchev–Trinajstić information content (AvgIpc) is 2.79. The van der Waals surface area contributed by atoms with Crippen LogP contribution in [0, 0.1) is 19.8 Å². The maximum atomic E-state index is 13.1. The molecule has 0 unspecified atom stereocenters. The average molecular weight is 420 g/mol. The topological polar surface area (TPSA) is 52.6 Å². The third-order valence-electron chi connectivity index (χ3n) is 6.25. The maximum absolute atomic E-state index is 13.1. The van der Waals surface area contributed by atoms with Crippen molar-refractivity contribution < 1.29 is 4.79 Å². The zero-order valence-electron chi connectivity index (χ0n) is 18.7. The number of hydrogen-bond donors (Lipinski definition) is 0. The molecule has 1 aromatic carbocycles. The van der Waals surface area contributed by atoms with Crippen LogP contribution in [0.15, 0.2) is 42.5 Å². The maximum Gasteiger partial charge on any atom is 0.225 e. The van der Waals surface area contributed by atoms with Gasteiger partial charge in [0.2, 0.25) is 11.9 Å². The van der Waals surface area contributed by atoms with Gasteiger partial charge in [-0.15, -0.1) is 0 Å². The molecule has 0 atom stereocenters. The van der Waals surface area contributed by atoms with E-state index in [9.17, 15) is 4.79 Å². The van der Waals surface area contributed by atoms with E-state index in [0.29, 0.717) is 5.91 Å². The first kappa shape index (κ1) is 21.5. The first-order chi connectivity index (χ1) is 15.1. The number of carbonyl (C=O) groups excluding carboxylic acids is 1. The Balaban J connectivity index is 1.22. The van der Waals surface area contributed by atoms with Crippen LogP contribution in [0.3, 0.4) is 0 Å². The van der Waals surface area contributed by atoms with E-state index in [1.807, 2.05) is 26.0 Å². The van der Waals surface area contributed by atoms with Gasteiger partial charge in [-0.2, -0.15) is 0 Å². The molecular formula is C25H33N5O. The van der Waals surface area contributed by atoms with E-state index in [0.717, 1.165) is 76.0 Å². The second kappa shape index (κ2) is 10.1. The Hall–Kier alpha value is -2.73. The van der Waals surface area contributed by atoms with Gasteiger partial charge in [0.1, 0.15) is 0 Å². The summed E-state index contributed by atoms with van der Waals surface area (Å²) in [6.45, 7) is 10.2. The lowest BCUT2D eigenvalue weighted by molar-refractivity contribution is -0.137. The number of hydrogen-bond acceptors (Lipinski definition) is 5. The van der Waals surface area contributed by atoms with Crippen LogP contribution in [-0.4, -0.2) is 71.5 Å². The molecule has 164 valence electrons. The molecule has 4 rings (SSSR count). The van der Waals surface area contributed by atoms with Crippen LogP contribution in [-0.2, 0) is 4.79 Å². The molecule has 1 aromatic heterocycles. The Morgan fingerprint density at radius 2 is 1.61 bits per heavy atom. The lowest BCUT2D eigenvalue weighted by atomic mass is 9.95. The highest BCUT2D eigenvalue weighted by atomic mass is 16.2.